The van der Waals surface area contributed by atoms with E-state index < -0.39 is 0 Å². The summed E-state index contributed by atoms with van der Waals surface area (Å²) >= 11 is 1.59. The molecule has 0 aliphatic rings. The van der Waals surface area contributed by atoms with E-state index in [0.29, 0.717) is 12.6 Å². The standard InChI is InChI=1S/C23H32N4O2S/c1-14(2)24-23-26-19(13-30-23)18-12-21(29-15(3)4)17-8-9-20(16(5)22(17)25-18)28-11-10-27(6)7/h8-9,12-15H,10-11H2,1-7H3,(H,24,26). The molecule has 30 heavy (non-hydrogen) atoms. The first kappa shape index (κ1) is 22.3. The minimum Gasteiger partial charge on any atom is -0.492 e. The van der Waals surface area contributed by atoms with E-state index in [1.807, 2.05) is 51.5 Å². The van der Waals surface area contributed by atoms with Gasteiger partial charge in [-0.25, -0.2) is 9.97 Å². The number of likely N-dealkylation sites (N-methyl/N-ethyl adjacent to an activating group) is 1. The van der Waals surface area contributed by atoms with Crippen molar-refractivity contribution >= 4 is 27.4 Å². The van der Waals surface area contributed by atoms with Gasteiger partial charge in [0.1, 0.15) is 23.8 Å². The Morgan fingerprint density at radius 1 is 1.07 bits per heavy atom. The molecule has 7 heteroatoms. The molecular formula is C23H32N4O2S. The number of benzene rings is 1. The highest BCUT2D eigenvalue weighted by Gasteiger charge is 2.16. The molecule has 0 bridgehead atoms. The van der Waals surface area contributed by atoms with Gasteiger partial charge < -0.3 is 19.7 Å². The predicted octanol–water partition coefficient (Wildman–Crippen LogP) is 5.21. The summed E-state index contributed by atoms with van der Waals surface area (Å²) in [5, 5.41) is 7.27. The first-order valence-electron chi connectivity index (χ1n) is 10.4. The van der Waals surface area contributed by atoms with Gasteiger partial charge in [0.15, 0.2) is 5.13 Å². The van der Waals surface area contributed by atoms with Crippen LogP contribution in [-0.2, 0) is 0 Å². The zero-order valence-electron chi connectivity index (χ0n) is 18.9. The van der Waals surface area contributed by atoms with Crippen LogP contribution in [0.2, 0.25) is 0 Å². The Balaban J connectivity index is 2.04. The third kappa shape index (κ3) is 5.40. The Kier molecular flexibility index (Phi) is 7.15. The highest BCUT2D eigenvalue weighted by molar-refractivity contribution is 7.14. The van der Waals surface area contributed by atoms with Crippen molar-refractivity contribution in [1.29, 1.82) is 0 Å². The van der Waals surface area contributed by atoms with Gasteiger partial charge in [0.05, 0.1) is 17.3 Å². The molecule has 6 nitrogen and oxygen atoms in total. The molecule has 0 unspecified atom stereocenters. The molecule has 0 spiro atoms. The Morgan fingerprint density at radius 2 is 1.83 bits per heavy atom. The molecule has 1 N–H and O–H groups in total. The number of hydrogen-bond donors (Lipinski definition) is 1. The van der Waals surface area contributed by atoms with Gasteiger partial charge in [-0.2, -0.15) is 0 Å². The lowest BCUT2D eigenvalue weighted by atomic mass is 10.1. The van der Waals surface area contributed by atoms with Gasteiger partial charge in [-0.15, -0.1) is 11.3 Å². The van der Waals surface area contributed by atoms with Crippen LogP contribution < -0.4 is 14.8 Å². The molecular weight excluding hydrogens is 396 g/mol. The van der Waals surface area contributed by atoms with E-state index in [1.165, 1.54) is 0 Å². The second kappa shape index (κ2) is 9.62. The zero-order valence-corrected chi connectivity index (χ0v) is 19.8. The quantitative estimate of drug-likeness (QED) is 0.505. The molecule has 0 aliphatic carbocycles. The molecule has 1 aromatic carbocycles. The van der Waals surface area contributed by atoms with Crippen LogP contribution in [-0.4, -0.2) is 54.3 Å². The van der Waals surface area contributed by atoms with Gasteiger partial charge in [-0.05, 0) is 60.8 Å². The average molecular weight is 429 g/mol. The minimum absolute atomic E-state index is 0.0633. The summed E-state index contributed by atoms with van der Waals surface area (Å²) < 4.78 is 12.2. The van der Waals surface area contributed by atoms with Gasteiger partial charge in [-0.3, -0.25) is 0 Å². The first-order chi connectivity index (χ1) is 14.2. The van der Waals surface area contributed by atoms with Crippen molar-refractivity contribution in [3.8, 4) is 22.9 Å². The number of nitrogens with one attached hydrogen (secondary N) is 1. The SMILES string of the molecule is Cc1c(OCCN(C)C)ccc2c(OC(C)C)cc(-c3csc(NC(C)C)n3)nc12. The molecule has 3 aromatic rings. The van der Waals surface area contributed by atoms with Crippen LogP contribution in [0.4, 0.5) is 5.13 Å². The topological polar surface area (TPSA) is 59.5 Å². The van der Waals surface area contributed by atoms with Gasteiger partial charge in [0, 0.05) is 35.0 Å². The third-order valence-electron chi connectivity index (χ3n) is 4.48. The maximum atomic E-state index is 6.14. The van der Waals surface area contributed by atoms with Crippen molar-refractivity contribution in [3.05, 3.63) is 29.1 Å². The fraction of sp³-hybridized carbons (Fsp3) is 0.478. The molecule has 0 aliphatic heterocycles. The number of anilines is 1. The van der Waals surface area contributed by atoms with Crippen molar-refractivity contribution in [2.75, 3.05) is 32.6 Å². The zero-order chi connectivity index (χ0) is 21.8. The number of ether oxygens (including phenoxy) is 2. The van der Waals surface area contributed by atoms with E-state index in [-0.39, 0.29) is 6.10 Å². The minimum atomic E-state index is 0.0633. The monoisotopic (exact) mass is 428 g/mol. The van der Waals surface area contributed by atoms with Crippen LogP contribution in [0.25, 0.3) is 22.3 Å². The summed E-state index contributed by atoms with van der Waals surface area (Å²) in [6.45, 7) is 11.8. The third-order valence-corrected chi connectivity index (χ3v) is 5.26. The van der Waals surface area contributed by atoms with Crippen molar-refractivity contribution < 1.29 is 9.47 Å². The van der Waals surface area contributed by atoms with Gasteiger partial charge in [0.2, 0.25) is 0 Å². The molecule has 2 aromatic heterocycles. The van der Waals surface area contributed by atoms with Crippen LogP contribution in [0, 0.1) is 6.92 Å². The van der Waals surface area contributed by atoms with Gasteiger partial charge in [0.25, 0.3) is 0 Å². The Hall–Kier alpha value is -2.38. The lowest BCUT2D eigenvalue weighted by Gasteiger charge is -2.17. The summed E-state index contributed by atoms with van der Waals surface area (Å²) in [7, 11) is 4.08. The van der Waals surface area contributed by atoms with Crippen molar-refractivity contribution in [1.82, 2.24) is 14.9 Å². The number of nitrogens with zero attached hydrogens (tertiary/aromatic N) is 3. The highest BCUT2D eigenvalue weighted by Crippen LogP contribution is 2.36. The summed E-state index contributed by atoms with van der Waals surface area (Å²) in [5.41, 5.74) is 3.55. The average Bonchev–Trinajstić information content (AvgIpc) is 3.11. The lowest BCUT2D eigenvalue weighted by molar-refractivity contribution is 0.245. The second-order valence-electron chi connectivity index (χ2n) is 8.25. The number of rotatable bonds is 9. The molecule has 0 atom stereocenters. The Labute approximate surface area is 183 Å². The van der Waals surface area contributed by atoms with Crippen molar-refractivity contribution in [3.63, 3.8) is 0 Å². The molecule has 0 fully saturated rings. The molecule has 3 rings (SSSR count). The van der Waals surface area contributed by atoms with Crippen molar-refractivity contribution in [2.24, 2.45) is 0 Å². The van der Waals surface area contributed by atoms with Gasteiger partial charge in [-0.1, -0.05) is 0 Å². The van der Waals surface area contributed by atoms with E-state index in [4.69, 9.17) is 19.4 Å². The molecule has 0 radical (unpaired) electrons. The molecule has 2 heterocycles. The number of pyridine rings is 1. The van der Waals surface area contributed by atoms with Crippen LogP contribution in [0.3, 0.4) is 0 Å². The molecule has 0 amide bonds. The van der Waals surface area contributed by atoms with E-state index >= 15 is 0 Å². The number of thiazole rings is 1. The molecule has 0 saturated carbocycles. The summed E-state index contributed by atoms with van der Waals surface area (Å²) in [6.07, 6.45) is 0.0633. The van der Waals surface area contributed by atoms with E-state index in [1.54, 1.807) is 11.3 Å². The molecule has 162 valence electrons. The van der Waals surface area contributed by atoms with E-state index in [9.17, 15) is 0 Å². The lowest BCUT2D eigenvalue weighted by Crippen LogP contribution is -2.19. The number of hydrogen-bond acceptors (Lipinski definition) is 7. The normalized spacial score (nSPS) is 11.7. The van der Waals surface area contributed by atoms with E-state index in [0.717, 1.165) is 51.0 Å². The largest absolute Gasteiger partial charge is 0.492 e. The Morgan fingerprint density at radius 3 is 2.50 bits per heavy atom. The highest BCUT2D eigenvalue weighted by atomic mass is 32.1. The fourth-order valence-electron chi connectivity index (χ4n) is 3.06. The fourth-order valence-corrected chi connectivity index (χ4v) is 3.91. The van der Waals surface area contributed by atoms with Crippen LogP contribution in [0.1, 0.15) is 33.3 Å². The summed E-state index contributed by atoms with van der Waals surface area (Å²) in [5.74, 6) is 1.67. The van der Waals surface area contributed by atoms with E-state index in [2.05, 4.69) is 31.0 Å². The predicted molar refractivity (Wildman–Crippen MR) is 126 cm³/mol. The van der Waals surface area contributed by atoms with Crippen molar-refractivity contribution in [2.45, 2.75) is 46.8 Å². The van der Waals surface area contributed by atoms with Crippen LogP contribution >= 0.6 is 11.3 Å². The number of aromatic nitrogens is 2. The van der Waals surface area contributed by atoms with Crippen LogP contribution in [0.15, 0.2) is 23.6 Å². The first-order valence-corrected chi connectivity index (χ1v) is 11.2. The maximum Gasteiger partial charge on any atom is 0.183 e. The second-order valence-corrected chi connectivity index (χ2v) is 9.10. The summed E-state index contributed by atoms with van der Waals surface area (Å²) in [4.78, 5) is 11.8. The Bertz CT molecular complexity index is 998. The summed E-state index contributed by atoms with van der Waals surface area (Å²) in [6, 6.07) is 6.37. The maximum absolute atomic E-state index is 6.14. The smallest absolute Gasteiger partial charge is 0.183 e. The number of fused-ring (bicyclic) bond motifs is 1. The molecule has 0 saturated heterocycles. The number of aryl methyl sites for hydroxylation is 1. The van der Waals surface area contributed by atoms with Crippen LogP contribution in [0.5, 0.6) is 11.5 Å². The van der Waals surface area contributed by atoms with Gasteiger partial charge >= 0.3 is 0 Å².